The Labute approximate surface area is 138 Å². The first-order valence-corrected chi connectivity index (χ1v) is 8.39. The Morgan fingerprint density at radius 1 is 1.29 bits per heavy atom. The van der Waals surface area contributed by atoms with E-state index in [4.69, 9.17) is 4.52 Å². The van der Waals surface area contributed by atoms with E-state index in [2.05, 4.69) is 10.1 Å². The van der Waals surface area contributed by atoms with Gasteiger partial charge in [-0.15, -0.1) is 0 Å². The number of nitrogens with zero attached hydrogens (tertiary/aromatic N) is 2. The van der Waals surface area contributed by atoms with Crippen molar-refractivity contribution < 1.29 is 18.1 Å². The summed E-state index contributed by atoms with van der Waals surface area (Å²) in [6, 6.07) is 5.80. The summed E-state index contributed by atoms with van der Waals surface area (Å²) < 4.78 is 30.3. The van der Waals surface area contributed by atoms with Crippen LogP contribution < -0.4 is 0 Å². The maximum absolute atomic E-state index is 12.5. The highest BCUT2D eigenvalue weighted by molar-refractivity contribution is 5.82. The molecule has 0 amide bonds. The molecule has 4 nitrogen and oxygen atoms in total. The summed E-state index contributed by atoms with van der Waals surface area (Å²) >= 11 is 0. The van der Waals surface area contributed by atoms with Gasteiger partial charge >= 0.3 is 0 Å². The van der Waals surface area contributed by atoms with Crippen LogP contribution in [0.5, 0.6) is 0 Å². The van der Waals surface area contributed by atoms with Crippen molar-refractivity contribution in [2.45, 2.75) is 56.8 Å². The first-order chi connectivity index (χ1) is 11.6. The van der Waals surface area contributed by atoms with Crippen molar-refractivity contribution in [2.75, 3.05) is 0 Å². The van der Waals surface area contributed by atoms with Gasteiger partial charge < -0.3 is 4.52 Å². The van der Waals surface area contributed by atoms with Gasteiger partial charge in [0, 0.05) is 17.9 Å². The molecule has 1 aromatic heterocycles. The summed E-state index contributed by atoms with van der Waals surface area (Å²) in [5, 5.41) is 4.07. The van der Waals surface area contributed by atoms with Crippen LogP contribution in [0.3, 0.4) is 0 Å². The molecule has 24 heavy (non-hydrogen) atoms. The Morgan fingerprint density at radius 2 is 2.12 bits per heavy atom. The van der Waals surface area contributed by atoms with Gasteiger partial charge in [0.25, 0.3) is 6.43 Å². The maximum Gasteiger partial charge on any atom is 0.296 e. The molecule has 1 heterocycles. The molecule has 0 aliphatic heterocycles. The van der Waals surface area contributed by atoms with E-state index in [9.17, 15) is 13.6 Å². The van der Waals surface area contributed by atoms with E-state index in [0.29, 0.717) is 17.6 Å². The molecule has 2 aliphatic carbocycles. The predicted octanol–water partition coefficient (Wildman–Crippen LogP) is 4.26. The summed E-state index contributed by atoms with van der Waals surface area (Å²) in [6.07, 6.45) is 1.97. The van der Waals surface area contributed by atoms with Gasteiger partial charge in [-0.3, -0.25) is 4.79 Å². The van der Waals surface area contributed by atoms with Crippen LogP contribution in [0.15, 0.2) is 22.7 Å². The Bertz CT molecular complexity index is 768. The van der Waals surface area contributed by atoms with Crippen molar-refractivity contribution in [1.82, 2.24) is 10.1 Å². The number of halogens is 2. The standard InChI is InChI=1S/C18H18F2N2O2/c19-16(20)15(23)9-12-5-4-11-8-13(6-7-14(11)12)17-21-18(24-22-17)10-2-1-3-10/h6-8,10,12,16H,1-5,9H2/t12-/m0/s1. The maximum atomic E-state index is 12.5. The monoisotopic (exact) mass is 332 g/mol. The van der Waals surface area contributed by atoms with Crippen LogP contribution in [0.1, 0.15) is 61.0 Å². The zero-order valence-corrected chi connectivity index (χ0v) is 13.2. The molecular weight excluding hydrogens is 314 g/mol. The number of fused-ring (bicyclic) bond motifs is 1. The molecule has 1 fully saturated rings. The number of ketones is 1. The fourth-order valence-electron chi connectivity index (χ4n) is 3.56. The highest BCUT2D eigenvalue weighted by Crippen LogP contribution is 2.39. The van der Waals surface area contributed by atoms with Crippen molar-refractivity contribution in [3.05, 3.63) is 35.2 Å². The molecule has 1 saturated carbocycles. The number of benzene rings is 1. The number of Topliss-reactive ketones (excluding diaryl/α,β-unsaturated/α-hetero) is 1. The minimum absolute atomic E-state index is 0.0853. The van der Waals surface area contributed by atoms with E-state index in [1.165, 1.54) is 6.42 Å². The van der Waals surface area contributed by atoms with E-state index < -0.39 is 12.2 Å². The van der Waals surface area contributed by atoms with E-state index in [1.54, 1.807) is 0 Å². The second-order valence-corrected chi connectivity index (χ2v) is 6.70. The van der Waals surface area contributed by atoms with Gasteiger partial charge in [0.1, 0.15) is 0 Å². The average Bonchev–Trinajstić information content (AvgIpc) is 3.13. The minimum Gasteiger partial charge on any atom is -0.339 e. The zero-order chi connectivity index (χ0) is 16.7. The van der Waals surface area contributed by atoms with Gasteiger partial charge in [0.05, 0.1) is 0 Å². The Kier molecular flexibility index (Phi) is 3.90. The number of aryl methyl sites for hydroxylation is 1. The molecule has 0 saturated heterocycles. The first kappa shape index (κ1) is 15.4. The number of carbonyl (C=O) groups is 1. The molecule has 0 spiro atoms. The second kappa shape index (κ2) is 6.07. The third-order valence-electron chi connectivity index (χ3n) is 5.19. The molecule has 0 radical (unpaired) electrons. The molecular formula is C18H18F2N2O2. The van der Waals surface area contributed by atoms with Crippen LogP contribution in [0.2, 0.25) is 0 Å². The molecule has 4 rings (SSSR count). The number of alkyl halides is 2. The number of carbonyl (C=O) groups excluding carboxylic acids is 1. The van der Waals surface area contributed by atoms with Crippen LogP contribution in [0, 0.1) is 0 Å². The van der Waals surface area contributed by atoms with Gasteiger partial charge in [-0.2, -0.15) is 4.98 Å². The molecule has 6 heteroatoms. The van der Waals surface area contributed by atoms with E-state index >= 15 is 0 Å². The van der Waals surface area contributed by atoms with Gasteiger partial charge in [-0.05, 0) is 48.8 Å². The number of rotatable bonds is 5. The molecule has 1 aromatic carbocycles. The number of aromatic nitrogens is 2. The lowest BCUT2D eigenvalue weighted by molar-refractivity contribution is -0.129. The van der Waals surface area contributed by atoms with Crippen LogP contribution in [-0.2, 0) is 11.2 Å². The van der Waals surface area contributed by atoms with Crippen LogP contribution in [-0.4, -0.2) is 22.3 Å². The summed E-state index contributed by atoms with van der Waals surface area (Å²) in [5.41, 5.74) is 2.97. The van der Waals surface area contributed by atoms with Gasteiger partial charge in [-0.1, -0.05) is 23.7 Å². The zero-order valence-electron chi connectivity index (χ0n) is 13.2. The van der Waals surface area contributed by atoms with Crippen LogP contribution in [0.25, 0.3) is 11.4 Å². The van der Waals surface area contributed by atoms with Crippen molar-refractivity contribution in [3.8, 4) is 11.4 Å². The molecule has 126 valence electrons. The molecule has 2 aliphatic rings. The van der Waals surface area contributed by atoms with Gasteiger partial charge in [0.15, 0.2) is 5.78 Å². The van der Waals surface area contributed by atoms with E-state index in [0.717, 1.165) is 42.4 Å². The molecule has 0 bridgehead atoms. The fourth-order valence-corrected chi connectivity index (χ4v) is 3.56. The second-order valence-electron chi connectivity index (χ2n) is 6.70. The quantitative estimate of drug-likeness (QED) is 0.821. The SMILES string of the molecule is O=C(C[C@@H]1CCc2cc(-c3noc(C4CCC4)n3)ccc21)C(F)F. The highest BCUT2D eigenvalue weighted by Gasteiger charge is 2.29. The van der Waals surface area contributed by atoms with Crippen LogP contribution >= 0.6 is 0 Å². The van der Waals surface area contributed by atoms with Gasteiger partial charge in [-0.25, -0.2) is 8.78 Å². The Hall–Kier alpha value is -2.11. The Balaban J connectivity index is 1.54. The fraction of sp³-hybridized carbons (Fsp3) is 0.500. The third-order valence-corrected chi connectivity index (χ3v) is 5.19. The molecule has 1 atom stereocenters. The normalized spacial score (nSPS) is 20.2. The summed E-state index contributed by atoms with van der Waals surface area (Å²) in [5.74, 6) is 0.598. The summed E-state index contributed by atoms with van der Waals surface area (Å²) in [7, 11) is 0. The van der Waals surface area contributed by atoms with E-state index in [1.807, 2.05) is 18.2 Å². The molecule has 2 aromatic rings. The highest BCUT2D eigenvalue weighted by atomic mass is 19.3. The summed E-state index contributed by atoms with van der Waals surface area (Å²) in [6.45, 7) is 0. The molecule has 0 N–H and O–H groups in total. The number of hydrogen-bond acceptors (Lipinski definition) is 4. The minimum atomic E-state index is -2.88. The van der Waals surface area contributed by atoms with Crippen LogP contribution in [0.4, 0.5) is 8.78 Å². The Morgan fingerprint density at radius 3 is 2.83 bits per heavy atom. The van der Waals surface area contributed by atoms with E-state index in [-0.39, 0.29) is 12.3 Å². The average molecular weight is 332 g/mol. The lowest BCUT2D eigenvalue weighted by atomic mass is 9.85. The van der Waals surface area contributed by atoms with Crippen molar-refractivity contribution in [3.63, 3.8) is 0 Å². The third kappa shape index (κ3) is 2.74. The topological polar surface area (TPSA) is 56.0 Å². The predicted molar refractivity (Wildman–Crippen MR) is 83.0 cm³/mol. The first-order valence-electron chi connectivity index (χ1n) is 8.39. The lowest BCUT2D eigenvalue weighted by Crippen LogP contribution is -2.13. The van der Waals surface area contributed by atoms with Crippen molar-refractivity contribution in [1.29, 1.82) is 0 Å². The van der Waals surface area contributed by atoms with Crippen molar-refractivity contribution >= 4 is 5.78 Å². The number of hydrogen-bond donors (Lipinski definition) is 0. The summed E-state index contributed by atoms with van der Waals surface area (Å²) in [4.78, 5) is 15.8. The largest absolute Gasteiger partial charge is 0.339 e. The lowest BCUT2D eigenvalue weighted by Gasteiger charge is -2.20. The van der Waals surface area contributed by atoms with Crippen molar-refractivity contribution in [2.24, 2.45) is 0 Å². The smallest absolute Gasteiger partial charge is 0.296 e. The molecule has 0 unspecified atom stereocenters. The van der Waals surface area contributed by atoms with Gasteiger partial charge in [0.2, 0.25) is 11.7 Å².